The first-order valence-electron chi connectivity index (χ1n) is 7.27. The summed E-state index contributed by atoms with van der Waals surface area (Å²) in [5.74, 6) is -0.906. The van der Waals surface area contributed by atoms with Gasteiger partial charge in [-0.25, -0.2) is 9.78 Å². The first-order valence-corrected chi connectivity index (χ1v) is 8.02. The van der Waals surface area contributed by atoms with Crippen LogP contribution in [0.15, 0.2) is 42.6 Å². The molecule has 0 aliphatic carbocycles. The van der Waals surface area contributed by atoms with Gasteiger partial charge in [-0.15, -0.1) is 0 Å². The fraction of sp³-hybridized carbons (Fsp3) is 0.235. The minimum atomic E-state index is -0.688. The minimum Gasteiger partial charge on any atom is -0.452 e. The van der Waals surface area contributed by atoms with Crippen LogP contribution in [0.1, 0.15) is 28.8 Å². The second-order valence-electron chi connectivity index (χ2n) is 5.19. The zero-order valence-electron chi connectivity index (χ0n) is 13.0. The third kappa shape index (κ3) is 5.22. The van der Waals surface area contributed by atoms with Crippen LogP contribution < -0.4 is 5.32 Å². The summed E-state index contributed by atoms with van der Waals surface area (Å²) in [5.41, 5.74) is 1.26. The highest BCUT2D eigenvalue weighted by atomic mass is 35.5. The van der Waals surface area contributed by atoms with E-state index in [0.29, 0.717) is 6.54 Å². The molecule has 0 aliphatic rings. The number of pyridine rings is 1. The third-order valence-electron chi connectivity index (χ3n) is 3.34. The van der Waals surface area contributed by atoms with Gasteiger partial charge >= 0.3 is 5.97 Å². The van der Waals surface area contributed by atoms with E-state index in [4.69, 9.17) is 27.9 Å². The maximum Gasteiger partial charge on any atom is 0.340 e. The van der Waals surface area contributed by atoms with E-state index >= 15 is 0 Å². The Morgan fingerprint density at radius 1 is 1.25 bits per heavy atom. The quantitative estimate of drug-likeness (QED) is 0.627. The first kappa shape index (κ1) is 18.2. The molecule has 1 heterocycles. The van der Waals surface area contributed by atoms with E-state index in [0.717, 1.165) is 5.56 Å². The molecule has 7 heteroatoms. The molecule has 0 aliphatic heterocycles. The van der Waals surface area contributed by atoms with Gasteiger partial charge in [0.05, 0.1) is 10.6 Å². The average molecular weight is 367 g/mol. The molecule has 0 spiro atoms. The number of nitrogens with zero attached hydrogens (tertiary/aromatic N) is 1. The zero-order chi connectivity index (χ0) is 17.5. The molecule has 0 unspecified atom stereocenters. The predicted octanol–water partition coefficient (Wildman–Crippen LogP) is 3.47. The summed E-state index contributed by atoms with van der Waals surface area (Å²) in [6.07, 6.45) is 1.24. The number of ether oxygens (including phenoxy) is 1. The number of hydrogen-bond acceptors (Lipinski definition) is 4. The van der Waals surface area contributed by atoms with Crippen molar-refractivity contribution in [1.29, 1.82) is 0 Å². The molecule has 1 amide bonds. The summed E-state index contributed by atoms with van der Waals surface area (Å²) >= 11 is 11.5. The van der Waals surface area contributed by atoms with Crippen LogP contribution in [0, 0.1) is 0 Å². The van der Waals surface area contributed by atoms with Gasteiger partial charge in [-0.1, -0.05) is 60.5 Å². The molecule has 24 heavy (non-hydrogen) atoms. The maximum atomic E-state index is 11.8. The fourth-order valence-electron chi connectivity index (χ4n) is 1.96. The van der Waals surface area contributed by atoms with Crippen LogP contribution in [0.5, 0.6) is 0 Å². The molecule has 126 valence electrons. The monoisotopic (exact) mass is 366 g/mol. The average Bonchev–Trinajstić information content (AvgIpc) is 2.60. The molecule has 0 saturated heterocycles. The van der Waals surface area contributed by atoms with Gasteiger partial charge in [-0.3, -0.25) is 4.79 Å². The molecule has 0 bridgehead atoms. The van der Waals surface area contributed by atoms with Crippen LogP contribution in [0.25, 0.3) is 0 Å². The second kappa shape index (κ2) is 8.66. The van der Waals surface area contributed by atoms with Gasteiger partial charge in [-0.2, -0.15) is 0 Å². The van der Waals surface area contributed by atoms with Crippen LogP contribution in [-0.4, -0.2) is 30.0 Å². The lowest BCUT2D eigenvalue weighted by Gasteiger charge is -2.13. The highest BCUT2D eigenvalue weighted by Crippen LogP contribution is 2.20. The largest absolute Gasteiger partial charge is 0.452 e. The van der Waals surface area contributed by atoms with Gasteiger partial charge in [0.15, 0.2) is 6.61 Å². The number of carbonyl (C=O) groups is 2. The third-order valence-corrected chi connectivity index (χ3v) is 4.03. The Morgan fingerprint density at radius 3 is 2.62 bits per heavy atom. The Balaban J connectivity index is 1.78. The predicted molar refractivity (Wildman–Crippen MR) is 92.4 cm³/mol. The SMILES string of the molecule is C[C@@H](CNC(=O)COC(=O)c1cnc(Cl)c(Cl)c1)c1ccccc1. The van der Waals surface area contributed by atoms with Gasteiger partial charge in [0.25, 0.3) is 5.91 Å². The summed E-state index contributed by atoms with van der Waals surface area (Å²) in [6, 6.07) is 11.2. The number of halogens is 2. The van der Waals surface area contributed by atoms with E-state index in [1.165, 1.54) is 12.3 Å². The first-order chi connectivity index (χ1) is 11.5. The summed E-state index contributed by atoms with van der Waals surface area (Å²) in [5, 5.41) is 2.97. The molecule has 5 nitrogen and oxygen atoms in total. The smallest absolute Gasteiger partial charge is 0.340 e. The summed E-state index contributed by atoms with van der Waals surface area (Å²) in [6.45, 7) is 2.08. The van der Waals surface area contributed by atoms with Crippen molar-refractivity contribution in [2.75, 3.05) is 13.2 Å². The van der Waals surface area contributed by atoms with Crippen molar-refractivity contribution >= 4 is 35.1 Å². The number of esters is 1. The summed E-state index contributed by atoms with van der Waals surface area (Å²) in [4.78, 5) is 27.4. The topological polar surface area (TPSA) is 68.3 Å². The van der Waals surface area contributed by atoms with Gasteiger partial charge < -0.3 is 10.1 Å². The van der Waals surface area contributed by atoms with Gasteiger partial charge in [-0.05, 0) is 17.5 Å². The molecule has 0 radical (unpaired) electrons. The van der Waals surface area contributed by atoms with Gasteiger partial charge in [0.1, 0.15) is 5.15 Å². The van der Waals surface area contributed by atoms with E-state index < -0.39 is 5.97 Å². The van der Waals surface area contributed by atoms with E-state index in [2.05, 4.69) is 10.3 Å². The summed E-state index contributed by atoms with van der Waals surface area (Å²) in [7, 11) is 0. The molecule has 0 fully saturated rings. The Morgan fingerprint density at radius 2 is 1.96 bits per heavy atom. The van der Waals surface area contributed by atoms with E-state index in [9.17, 15) is 9.59 Å². The normalized spacial score (nSPS) is 11.6. The lowest BCUT2D eigenvalue weighted by Crippen LogP contribution is -2.31. The molecule has 2 aromatic rings. The van der Waals surface area contributed by atoms with E-state index in [-0.39, 0.29) is 34.2 Å². The minimum absolute atomic E-state index is 0.0980. The van der Waals surface area contributed by atoms with Crippen molar-refractivity contribution in [2.24, 2.45) is 0 Å². The standard InChI is InChI=1S/C17H16Cl2N2O3/c1-11(12-5-3-2-4-6-12)8-20-15(22)10-24-17(23)13-7-14(18)16(19)21-9-13/h2-7,9,11H,8,10H2,1H3,(H,20,22)/t11-/m0/s1. The highest BCUT2D eigenvalue weighted by Gasteiger charge is 2.13. The molecule has 1 N–H and O–H groups in total. The van der Waals surface area contributed by atoms with Gasteiger partial charge in [0.2, 0.25) is 0 Å². The van der Waals surface area contributed by atoms with Crippen LogP contribution in [0.2, 0.25) is 10.2 Å². The van der Waals surface area contributed by atoms with Crippen LogP contribution >= 0.6 is 23.2 Å². The molecule has 1 aromatic carbocycles. The van der Waals surface area contributed by atoms with Crippen molar-refractivity contribution in [3.05, 3.63) is 63.9 Å². The van der Waals surface area contributed by atoms with Crippen molar-refractivity contribution in [3.63, 3.8) is 0 Å². The number of carbonyl (C=O) groups excluding carboxylic acids is 2. The lowest BCUT2D eigenvalue weighted by molar-refractivity contribution is -0.124. The molecule has 0 saturated carbocycles. The Bertz CT molecular complexity index is 723. The number of amides is 1. The van der Waals surface area contributed by atoms with Crippen molar-refractivity contribution in [1.82, 2.24) is 10.3 Å². The Labute approximate surface area is 149 Å². The lowest BCUT2D eigenvalue weighted by atomic mass is 10.0. The Kier molecular flexibility index (Phi) is 6.58. The van der Waals surface area contributed by atoms with Gasteiger partial charge in [0, 0.05) is 12.7 Å². The van der Waals surface area contributed by atoms with Crippen molar-refractivity contribution < 1.29 is 14.3 Å². The molecule has 1 aromatic heterocycles. The Hall–Kier alpha value is -2.11. The zero-order valence-corrected chi connectivity index (χ0v) is 14.5. The van der Waals surface area contributed by atoms with E-state index in [1.807, 2.05) is 37.3 Å². The highest BCUT2D eigenvalue weighted by molar-refractivity contribution is 6.41. The molecular weight excluding hydrogens is 351 g/mol. The van der Waals surface area contributed by atoms with Crippen LogP contribution in [0.4, 0.5) is 0 Å². The number of aromatic nitrogens is 1. The fourth-order valence-corrected chi connectivity index (χ4v) is 2.23. The molecular formula is C17H16Cl2N2O3. The van der Waals surface area contributed by atoms with Crippen molar-refractivity contribution in [3.8, 4) is 0 Å². The second-order valence-corrected chi connectivity index (χ2v) is 5.95. The van der Waals surface area contributed by atoms with Crippen molar-refractivity contribution in [2.45, 2.75) is 12.8 Å². The maximum absolute atomic E-state index is 11.8. The number of rotatable bonds is 6. The van der Waals surface area contributed by atoms with Crippen LogP contribution in [0.3, 0.4) is 0 Å². The van der Waals surface area contributed by atoms with E-state index in [1.54, 1.807) is 0 Å². The molecule has 1 atom stereocenters. The summed E-state index contributed by atoms with van der Waals surface area (Å²) < 4.78 is 4.93. The van der Waals surface area contributed by atoms with Crippen LogP contribution in [-0.2, 0) is 9.53 Å². The number of benzene rings is 1. The number of hydrogen-bond donors (Lipinski definition) is 1. The molecule has 2 rings (SSSR count). The number of nitrogens with one attached hydrogen (secondary N) is 1.